The number of hydrogen-bond acceptors (Lipinski definition) is 7. The van der Waals surface area contributed by atoms with Crippen LogP contribution in [0.15, 0.2) is 18.3 Å². The number of anilines is 1. The van der Waals surface area contributed by atoms with E-state index in [0.29, 0.717) is 18.4 Å². The molecule has 0 spiro atoms. The highest BCUT2D eigenvalue weighted by atomic mass is 16.6. The fourth-order valence-electron chi connectivity index (χ4n) is 2.27. The van der Waals surface area contributed by atoms with Gasteiger partial charge in [0, 0.05) is 19.3 Å². The summed E-state index contributed by atoms with van der Waals surface area (Å²) >= 11 is 0. The van der Waals surface area contributed by atoms with Crippen LogP contribution >= 0.6 is 0 Å². The molecule has 0 aliphatic rings. The summed E-state index contributed by atoms with van der Waals surface area (Å²) < 4.78 is 10.2. The molecule has 0 aliphatic carbocycles. The number of aromatic nitrogens is 1. The van der Waals surface area contributed by atoms with Gasteiger partial charge in [0.15, 0.2) is 0 Å². The summed E-state index contributed by atoms with van der Waals surface area (Å²) in [6.07, 6.45) is 2.04. The second-order valence-corrected chi connectivity index (χ2v) is 7.46. The molecule has 10 heteroatoms. The van der Waals surface area contributed by atoms with E-state index in [1.165, 1.54) is 11.1 Å². The van der Waals surface area contributed by atoms with Crippen LogP contribution in [0, 0.1) is 0 Å². The summed E-state index contributed by atoms with van der Waals surface area (Å²) in [6, 6.07) is 3.20. The van der Waals surface area contributed by atoms with Crippen LogP contribution in [0.3, 0.4) is 0 Å². The Morgan fingerprint density at radius 2 is 1.97 bits per heavy atom. The van der Waals surface area contributed by atoms with Gasteiger partial charge < -0.3 is 19.7 Å². The number of esters is 1. The standard InChI is InChI=1S/C20H30N4O6/c1-5-10-29-18(27)13-24(9-8-21-14-25)17(26)11-15-6-7-16(22-12-15)23-19(28)30-20(2,3)4/h6-7,12,14H,5,8-11,13H2,1-4H3,(H,21,25)(H,22,23,28). The van der Waals surface area contributed by atoms with Crippen molar-refractivity contribution in [1.29, 1.82) is 0 Å². The highest BCUT2D eigenvalue weighted by Gasteiger charge is 2.19. The quantitative estimate of drug-likeness (QED) is 0.314. The molecule has 0 saturated heterocycles. The Morgan fingerprint density at radius 3 is 2.53 bits per heavy atom. The van der Waals surface area contributed by atoms with E-state index in [-0.39, 0.29) is 44.4 Å². The van der Waals surface area contributed by atoms with Crippen molar-refractivity contribution in [3.8, 4) is 0 Å². The lowest BCUT2D eigenvalue weighted by Crippen LogP contribution is -2.41. The molecule has 1 heterocycles. The Balaban J connectivity index is 2.69. The zero-order valence-corrected chi connectivity index (χ0v) is 17.9. The number of nitrogens with zero attached hydrogens (tertiary/aromatic N) is 2. The van der Waals surface area contributed by atoms with Crippen molar-refractivity contribution >= 4 is 30.2 Å². The molecule has 0 aromatic carbocycles. The molecule has 1 aromatic rings. The van der Waals surface area contributed by atoms with Crippen molar-refractivity contribution in [2.75, 3.05) is 31.6 Å². The fourth-order valence-corrected chi connectivity index (χ4v) is 2.27. The number of rotatable bonds is 11. The van der Waals surface area contributed by atoms with Crippen molar-refractivity contribution in [2.24, 2.45) is 0 Å². The summed E-state index contributed by atoms with van der Waals surface area (Å²) in [4.78, 5) is 52.1. The third-order valence-electron chi connectivity index (χ3n) is 3.56. The van der Waals surface area contributed by atoms with Crippen molar-refractivity contribution in [3.63, 3.8) is 0 Å². The molecule has 0 atom stereocenters. The zero-order chi connectivity index (χ0) is 22.6. The summed E-state index contributed by atoms with van der Waals surface area (Å²) in [5, 5.41) is 4.98. The lowest BCUT2D eigenvalue weighted by molar-refractivity contribution is -0.149. The second-order valence-electron chi connectivity index (χ2n) is 7.46. The number of amides is 3. The van der Waals surface area contributed by atoms with Crippen LogP contribution in [0.2, 0.25) is 0 Å². The SMILES string of the molecule is CCCOC(=O)CN(CCNC=O)C(=O)Cc1ccc(NC(=O)OC(C)(C)C)nc1. The van der Waals surface area contributed by atoms with Gasteiger partial charge in [0.25, 0.3) is 0 Å². The molecule has 166 valence electrons. The average Bonchev–Trinajstić information content (AvgIpc) is 2.65. The van der Waals surface area contributed by atoms with E-state index in [1.807, 2.05) is 6.92 Å². The van der Waals surface area contributed by atoms with Crippen LogP contribution in [0.5, 0.6) is 0 Å². The maximum atomic E-state index is 12.6. The topological polar surface area (TPSA) is 127 Å². The molecule has 1 rings (SSSR count). The Morgan fingerprint density at radius 1 is 1.23 bits per heavy atom. The Bertz CT molecular complexity index is 715. The van der Waals surface area contributed by atoms with Crippen molar-refractivity contribution in [3.05, 3.63) is 23.9 Å². The van der Waals surface area contributed by atoms with Gasteiger partial charge in [-0.1, -0.05) is 13.0 Å². The molecule has 0 fully saturated rings. The van der Waals surface area contributed by atoms with Gasteiger partial charge in [-0.3, -0.25) is 19.7 Å². The normalized spacial score (nSPS) is 10.7. The van der Waals surface area contributed by atoms with Gasteiger partial charge >= 0.3 is 12.1 Å². The number of pyridine rings is 1. The molecule has 0 bridgehead atoms. The van der Waals surface area contributed by atoms with Crippen molar-refractivity contribution in [2.45, 2.75) is 46.1 Å². The first-order valence-electron chi connectivity index (χ1n) is 9.70. The van der Waals surface area contributed by atoms with Gasteiger partial charge in [-0.25, -0.2) is 9.78 Å². The second kappa shape index (κ2) is 12.4. The molecule has 3 amide bonds. The van der Waals surface area contributed by atoms with Crippen molar-refractivity contribution < 1.29 is 28.7 Å². The van der Waals surface area contributed by atoms with Crippen LogP contribution in [0.1, 0.15) is 39.7 Å². The monoisotopic (exact) mass is 422 g/mol. The van der Waals surface area contributed by atoms with Gasteiger partial charge in [0.1, 0.15) is 18.0 Å². The van der Waals surface area contributed by atoms with E-state index in [2.05, 4.69) is 15.6 Å². The van der Waals surface area contributed by atoms with Crippen molar-refractivity contribution in [1.82, 2.24) is 15.2 Å². The predicted octanol–water partition coefficient (Wildman–Crippen LogP) is 1.50. The van der Waals surface area contributed by atoms with Gasteiger partial charge in [-0.15, -0.1) is 0 Å². The number of carbonyl (C=O) groups excluding carboxylic acids is 4. The van der Waals surface area contributed by atoms with E-state index in [4.69, 9.17) is 9.47 Å². The summed E-state index contributed by atoms with van der Waals surface area (Å²) in [7, 11) is 0. The van der Waals surface area contributed by atoms with E-state index < -0.39 is 17.7 Å². The third-order valence-corrected chi connectivity index (χ3v) is 3.56. The van der Waals surface area contributed by atoms with Crippen LogP contribution < -0.4 is 10.6 Å². The first-order chi connectivity index (χ1) is 14.1. The lowest BCUT2D eigenvalue weighted by Gasteiger charge is -2.22. The summed E-state index contributed by atoms with van der Waals surface area (Å²) in [6.45, 7) is 7.60. The first kappa shape index (κ1) is 24.9. The molecule has 1 aromatic heterocycles. The minimum atomic E-state index is -0.628. The molecule has 2 N–H and O–H groups in total. The molecule has 0 unspecified atom stereocenters. The van der Waals surface area contributed by atoms with Gasteiger partial charge in [-0.05, 0) is 38.8 Å². The Labute approximate surface area is 176 Å². The largest absolute Gasteiger partial charge is 0.464 e. The molecule has 0 saturated carbocycles. The maximum absolute atomic E-state index is 12.6. The highest BCUT2D eigenvalue weighted by molar-refractivity contribution is 5.84. The average molecular weight is 422 g/mol. The molecular weight excluding hydrogens is 392 g/mol. The summed E-state index contributed by atoms with van der Waals surface area (Å²) in [5.41, 5.74) is -0.0262. The van der Waals surface area contributed by atoms with Gasteiger partial charge in [-0.2, -0.15) is 0 Å². The minimum absolute atomic E-state index is 0.00185. The van der Waals surface area contributed by atoms with E-state index in [1.54, 1.807) is 32.9 Å². The van der Waals surface area contributed by atoms with Crippen LogP contribution in [-0.2, 0) is 30.3 Å². The van der Waals surface area contributed by atoms with E-state index >= 15 is 0 Å². The lowest BCUT2D eigenvalue weighted by atomic mass is 10.2. The van der Waals surface area contributed by atoms with Gasteiger partial charge in [0.2, 0.25) is 12.3 Å². The van der Waals surface area contributed by atoms with Gasteiger partial charge in [0.05, 0.1) is 13.0 Å². The van der Waals surface area contributed by atoms with E-state index in [0.717, 1.165) is 0 Å². The van der Waals surface area contributed by atoms with Crippen LogP contribution in [0.25, 0.3) is 0 Å². The fraction of sp³-hybridized carbons (Fsp3) is 0.550. The molecule has 30 heavy (non-hydrogen) atoms. The number of ether oxygens (including phenoxy) is 2. The number of carbonyl (C=O) groups is 4. The first-order valence-corrected chi connectivity index (χ1v) is 9.70. The zero-order valence-electron chi connectivity index (χ0n) is 17.9. The third kappa shape index (κ3) is 10.4. The highest BCUT2D eigenvalue weighted by Crippen LogP contribution is 2.11. The maximum Gasteiger partial charge on any atom is 0.413 e. The minimum Gasteiger partial charge on any atom is -0.464 e. The summed E-state index contributed by atoms with van der Waals surface area (Å²) in [5.74, 6) is -0.534. The number of nitrogens with one attached hydrogen (secondary N) is 2. The predicted molar refractivity (Wildman–Crippen MR) is 110 cm³/mol. The molecule has 0 aliphatic heterocycles. The number of hydrogen-bond donors (Lipinski definition) is 2. The van der Waals surface area contributed by atoms with E-state index in [9.17, 15) is 19.2 Å². The Hall–Kier alpha value is -3.17. The molecule has 10 nitrogen and oxygen atoms in total. The molecular formula is C20H30N4O6. The smallest absolute Gasteiger partial charge is 0.413 e. The van der Waals surface area contributed by atoms with Crippen LogP contribution in [0.4, 0.5) is 10.6 Å². The Kier molecular flexibility index (Phi) is 10.3. The molecule has 0 radical (unpaired) electrons. The van der Waals surface area contributed by atoms with Crippen LogP contribution in [-0.4, -0.2) is 66.1 Å².